The molecule has 126 valence electrons. The number of nitrogens with one attached hydrogen (secondary N) is 1. The van der Waals surface area contributed by atoms with Crippen molar-refractivity contribution in [3.05, 3.63) is 83.6 Å². The van der Waals surface area contributed by atoms with Gasteiger partial charge in [-0.25, -0.2) is 13.8 Å². The van der Waals surface area contributed by atoms with Gasteiger partial charge in [0.2, 0.25) is 5.88 Å². The Bertz CT molecular complexity index is 912. The van der Waals surface area contributed by atoms with Gasteiger partial charge in [0, 0.05) is 6.07 Å². The van der Waals surface area contributed by atoms with Crippen molar-refractivity contribution < 1.29 is 18.3 Å². The standard InChI is InChI=1S/C19H14F2N2O2/c1-12-10-14(7-8-16(12)20)25-18-9-6-13(11-22-18)23-19(24)15-4-2-3-5-17(15)21/h2-11H,1H3,(H,23,24). The number of hydrogen-bond acceptors (Lipinski definition) is 3. The zero-order valence-electron chi connectivity index (χ0n) is 13.3. The Labute approximate surface area is 143 Å². The second kappa shape index (κ2) is 7.09. The molecule has 1 heterocycles. The number of benzene rings is 2. The molecule has 4 nitrogen and oxygen atoms in total. The molecule has 0 saturated heterocycles. The number of anilines is 1. The number of carbonyl (C=O) groups is 1. The Morgan fingerprint density at radius 3 is 2.52 bits per heavy atom. The van der Waals surface area contributed by atoms with E-state index in [2.05, 4.69) is 10.3 Å². The summed E-state index contributed by atoms with van der Waals surface area (Å²) in [6, 6.07) is 13.2. The highest BCUT2D eigenvalue weighted by Crippen LogP contribution is 2.23. The number of hydrogen-bond donors (Lipinski definition) is 1. The van der Waals surface area contributed by atoms with Gasteiger partial charge in [-0.05, 0) is 48.9 Å². The molecule has 25 heavy (non-hydrogen) atoms. The highest BCUT2D eigenvalue weighted by molar-refractivity contribution is 6.04. The molecule has 0 aliphatic heterocycles. The van der Waals surface area contributed by atoms with E-state index < -0.39 is 11.7 Å². The van der Waals surface area contributed by atoms with E-state index in [1.807, 2.05) is 0 Å². The van der Waals surface area contributed by atoms with Crippen LogP contribution in [0.15, 0.2) is 60.8 Å². The van der Waals surface area contributed by atoms with Crippen LogP contribution in [0.25, 0.3) is 0 Å². The zero-order valence-corrected chi connectivity index (χ0v) is 13.3. The van der Waals surface area contributed by atoms with Crippen LogP contribution in [0, 0.1) is 18.6 Å². The van der Waals surface area contributed by atoms with E-state index in [0.717, 1.165) is 0 Å². The molecule has 0 radical (unpaired) electrons. The van der Waals surface area contributed by atoms with Gasteiger partial charge >= 0.3 is 0 Å². The van der Waals surface area contributed by atoms with Crippen molar-refractivity contribution >= 4 is 11.6 Å². The van der Waals surface area contributed by atoms with Gasteiger partial charge in [0.1, 0.15) is 17.4 Å². The van der Waals surface area contributed by atoms with Gasteiger partial charge < -0.3 is 10.1 Å². The number of carbonyl (C=O) groups excluding carboxylic acids is 1. The Balaban J connectivity index is 1.69. The van der Waals surface area contributed by atoms with Crippen LogP contribution in [-0.4, -0.2) is 10.9 Å². The Kier molecular flexibility index (Phi) is 4.70. The third-order valence-electron chi connectivity index (χ3n) is 3.46. The number of rotatable bonds is 4. The van der Waals surface area contributed by atoms with Gasteiger partial charge in [-0.1, -0.05) is 12.1 Å². The normalized spacial score (nSPS) is 10.4. The monoisotopic (exact) mass is 340 g/mol. The van der Waals surface area contributed by atoms with Crippen LogP contribution in [0.5, 0.6) is 11.6 Å². The highest BCUT2D eigenvalue weighted by atomic mass is 19.1. The van der Waals surface area contributed by atoms with E-state index in [4.69, 9.17) is 4.74 Å². The molecule has 6 heteroatoms. The van der Waals surface area contributed by atoms with Crippen LogP contribution in [-0.2, 0) is 0 Å². The summed E-state index contributed by atoms with van der Waals surface area (Å²) in [5.74, 6) is -0.738. The molecule has 1 N–H and O–H groups in total. The largest absolute Gasteiger partial charge is 0.439 e. The quantitative estimate of drug-likeness (QED) is 0.748. The molecular weight excluding hydrogens is 326 g/mol. The fraction of sp³-hybridized carbons (Fsp3) is 0.0526. The molecule has 0 aliphatic carbocycles. The molecule has 0 aliphatic rings. The van der Waals surface area contributed by atoms with Crippen LogP contribution in [0.3, 0.4) is 0 Å². The number of nitrogens with zero attached hydrogens (tertiary/aromatic N) is 1. The maximum atomic E-state index is 13.6. The second-order valence-corrected chi connectivity index (χ2v) is 5.33. The minimum absolute atomic E-state index is 0.0513. The molecule has 0 spiro atoms. The Hall–Kier alpha value is -3.28. The summed E-state index contributed by atoms with van der Waals surface area (Å²) in [7, 11) is 0. The van der Waals surface area contributed by atoms with Crippen molar-refractivity contribution in [2.75, 3.05) is 5.32 Å². The molecule has 1 aromatic heterocycles. The third-order valence-corrected chi connectivity index (χ3v) is 3.46. The maximum Gasteiger partial charge on any atom is 0.258 e. The summed E-state index contributed by atoms with van der Waals surface area (Å²) < 4.78 is 32.4. The van der Waals surface area contributed by atoms with Gasteiger partial charge in [0.05, 0.1) is 17.4 Å². The average Bonchev–Trinajstić information content (AvgIpc) is 2.60. The average molecular weight is 340 g/mol. The molecule has 1 amide bonds. The number of aromatic nitrogens is 1. The topological polar surface area (TPSA) is 51.2 Å². The van der Waals surface area contributed by atoms with Crippen molar-refractivity contribution in [3.8, 4) is 11.6 Å². The number of pyridine rings is 1. The number of ether oxygens (including phenoxy) is 1. The van der Waals surface area contributed by atoms with Crippen molar-refractivity contribution in [2.45, 2.75) is 6.92 Å². The van der Waals surface area contributed by atoms with Gasteiger partial charge in [0.25, 0.3) is 5.91 Å². The molecule has 3 aromatic rings. The minimum Gasteiger partial charge on any atom is -0.439 e. The number of amides is 1. The first-order valence-electron chi connectivity index (χ1n) is 7.49. The van der Waals surface area contributed by atoms with E-state index in [1.165, 1.54) is 36.5 Å². The van der Waals surface area contributed by atoms with Crippen LogP contribution < -0.4 is 10.1 Å². The lowest BCUT2D eigenvalue weighted by Crippen LogP contribution is -2.13. The van der Waals surface area contributed by atoms with E-state index in [0.29, 0.717) is 17.0 Å². The summed E-state index contributed by atoms with van der Waals surface area (Å²) in [5.41, 5.74) is 0.812. The molecule has 2 aromatic carbocycles. The van der Waals surface area contributed by atoms with Crippen molar-refractivity contribution in [2.24, 2.45) is 0 Å². The van der Waals surface area contributed by atoms with Crippen molar-refractivity contribution in [1.82, 2.24) is 4.98 Å². The zero-order chi connectivity index (χ0) is 17.8. The first kappa shape index (κ1) is 16.6. The van der Waals surface area contributed by atoms with Gasteiger partial charge in [-0.2, -0.15) is 0 Å². The third kappa shape index (κ3) is 3.98. The summed E-state index contributed by atoms with van der Waals surface area (Å²) in [6.45, 7) is 1.64. The predicted molar refractivity (Wildman–Crippen MR) is 89.8 cm³/mol. The van der Waals surface area contributed by atoms with Crippen molar-refractivity contribution in [3.63, 3.8) is 0 Å². The lowest BCUT2D eigenvalue weighted by atomic mass is 10.2. The van der Waals surface area contributed by atoms with Crippen LogP contribution >= 0.6 is 0 Å². The van der Waals surface area contributed by atoms with E-state index in [9.17, 15) is 13.6 Å². The maximum absolute atomic E-state index is 13.6. The summed E-state index contributed by atoms with van der Waals surface area (Å²) >= 11 is 0. The predicted octanol–water partition coefficient (Wildman–Crippen LogP) is 4.71. The fourth-order valence-electron chi connectivity index (χ4n) is 2.16. The first-order chi connectivity index (χ1) is 12.0. The minimum atomic E-state index is -0.598. The first-order valence-corrected chi connectivity index (χ1v) is 7.49. The van der Waals surface area contributed by atoms with Crippen LogP contribution in [0.2, 0.25) is 0 Å². The van der Waals surface area contributed by atoms with E-state index in [1.54, 1.807) is 31.2 Å². The molecule has 0 bridgehead atoms. The van der Waals surface area contributed by atoms with Crippen molar-refractivity contribution in [1.29, 1.82) is 0 Å². The smallest absolute Gasteiger partial charge is 0.258 e. The van der Waals surface area contributed by atoms with E-state index >= 15 is 0 Å². The summed E-state index contributed by atoms with van der Waals surface area (Å²) in [6.07, 6.45) is 1.39. The Morgan fingerprint density at radius 1 is 1.04 bits per heavy atom. The molecular formula is C19H14F2N2O2. The molecule has 3 rings (SSSR count). The molecule has 0 fully saturated rings. The van der Waals surface area contributed by atoms with Gasteiger partial charge in [-0.15, -0.1) is 0 Å². The van der Waals surface area contributed by atoms with Gasteiger partial charge in [-0.3, -0.25) is 4.79 Å². The summed E-state index contributed by atoms with van der Waals surface area (Å²) in [4.78, 5) is 16.1. The lowest BCUT2D eigenvalue weighted by Gasteiger charge is -2.08. The SMILES string of the molecule is Cc1cc(Oc2ccc(NC(=O)c3ccccc3F)cn2)ccc1F. The van der Waals surface area contributed by atoms with Crippen LogP contribution in [0.4, 0.5) is 14.5 Å². The number of aryl methyl sites for hydroxylation is 1. The fourth-order valence-corrected chi connectivity index (χ4v) is 2.16. The molecule has 0 atom stereocenters. The highest BCUT2D eigenvalue weighted by Gasteiger charge is 2.11. The molecule has 0 unspecified atom stereocenters. The second-order valence-electron chi connectivity index (χ2n) is 5.33. The van der Waals surface area contributed by atoms with Crippen LogP contribution in [0.1, 0.15) is 15.9 Å². The Morgan fingerprint density at radius 2 is 1.84 bits per heavy atom. The lowest BCUT2D eigenvalue weighted by molar-refractivity contribution is 0.102. The van der Waals surface area contributed by atoms with Gasteiger partial charge in [0.15, 0.2) is 0 Å². The summed E-state index contributed by atoms with van der Waals surface area (Å²) in [5, 5.41) is 2.56. The number of halogens is 2. The molecule has 0 saturated carbocycles. The van der Waals surface area contributed by atoms with E-state index in [-0.39, 0.29) is 17.3 Å².